The van der Waals surface area contributed by atoms with Crippen molar-refractivity contribution in [2.45, 2.75) is 27.2 Å². The van der Waals surface area contributed by atoms with Gasteiger partial charge in [0.2, 0.25) is 5.71 Å². The van der Waals surface area contributed by atoms with Crippen molar-refractivity contribution in [1.82, 2.24) is 15.0 Å². The molecule has 0 spiro atoms. The molecule has 4 heterocycles. The topological polar surface area (TPSA) is 51.8 Å². The number of hydrogen-bond donors (Lipinski definition) is 0. The molecule has 0 N–H and O–H groups in total. The van der Waals surface area contributed by atoms with E-state index in [2.05, 4.69) is 98.6 Å². The fourth-order valence-corrected chi connectivity index (χ4v) is 5.53. The summed E-state index contributed by atoms with van der Waals surface area (Å²) in [7, 11) is 0. The third-order valence-corrected chi connectivity index (χ3v) is 8.33. The molecule has 0 unspecified atom stereocenters. The van der Waals surface area contributed by atoms with E-state index in [1.807, 2.05) is 73.1 Å². The van der Waals surface area contributed by atoms with E-state index in [-0.39, 0.29) is 20.1 Å². The van der Waals surface area contributed by atoms with Crippen LogP contribution in [0.25, 0.3) is 55.7 Å². The van der Waals surface area contributed by atoms with Gasteiger partial charge >= 0.3 is 0 Å². The summed E-state index contributed by atoms with van der Waals surface area (Å²) in [4.78, 5) is 13.9. The Morgan fingerprint density at radius 1 is 0.646 bits per heavy atom. The zero-order valence-corrected chi connectivity index (χ0v) is 29.4. The van der Waals surface area contributed by atoms with E-state index in [0.29, 0.717) is 5.71 Å². The van der Waals surface area contributed by atoms with Gasteiger partial charge < -0.3 is 14.4 Å². The Hall–Kier alpha value is -5.22. The van der Waals surface area contributed by atoms with E-state index in [0.717, 1.165) is 62.1 Å². The minimum atomic E-state index is 0. The molecule has 4 aromatic carbocycles. The van der Waals surface area contributed by atoms with Crippen LogP contribution in [0.1, 0.15) is 27.9 Å². The molecule has 0 aliphatic heterocycles. The summed E-state index contributed by atoms with van der Waals surface area (Å²) >= 11 is 0. The molecule has 0 saturated carbocycles. The third-order valence-electron chi connectivity index (χ3n) is 8.33. The van der Waals surface area contributed by atoms with E-state index in [1.54, 1.807) is 0 Å². The molecule has 4 nitrogen and oxygen atoms in total. The second-order valence-corrected chi connectivity index (χ2v) is 11.7. The SMILES string of the molecule is Cc1c[c-]c(-c2cc(C)c(C)cn2)cc1.[Ir].[c-]1ccc2c(oc3nc(Cc4ccccc4)ccc32)c1-c1ccc(-c2ccccc2)cn1. The third kappa shape index (κ3) is 7.18. The Morgan fingerprint density at radius 3 is 2.12 bits per heavy atom. The molecule has 0 bridgehead atoms. The summed E-state index contributed by atoms with van der Waals surface area (Å²) in [5.74, 6) is 0. The van der Waals surface area contributed by atoms with Gasteiger partial charge in [-0.25, -0.2) is 4.98 Å². The molecule has 5 heteroatoms. The van der Waals surface area contributed by atoms with Crippen molar-refractivity contribution < 1.29 is 24.5 Å². The van der Waals surface area contributed by atoms with E-state index < -0.39 is 0 Å². The Kier molecular flexibility index (Phi) is 10.0. The van der Waals surface area contributed by atoms with Crippen LogP contribution in [-0.4, -0.2) is 15.0 Å². The van der Waals surface area contributed by atoms with Crippen molar-refractivity contribution in [3.63, 3.8) is 0 Å². The number of benzene rings is 4. The second kappa shape index (κ2) is 14.7. The van der Waals surface area contributed by atoms with Crippen molar-refractivity contribution >= 4 is 22.1 Å². The molecule has 237 valence electrons. The van der Waals surface area contributed by atoms with Crippen molar-refractivity contribution in [1.29, 1.82) is 0 Å². The Morgan fingerprint density at radius 2 is 1.42 bits per heavy atom. The number of fused-ring (bicyclic) bond motifs is 3. The Balaban J connectivity index is 0.000000212. The van der Waals surface area contributed by atoms with Crippen molar-refractivity contribution in [2.75, 3.05) is 0 Å². The first-order valence-corrected chi connectivity index (χ1v) is 15.7. The van der Waals surface area contributed by atoms with Gasteiger partial charge in [-0.3, -0.25) is 0 Å². The van der Waals surface area contributed by atoms with Gasteiger partial charge in [0.15, 0.2) is 0 Å². The van der Waals surface area contributed by atoms with Gasteiger partial charge in [-0.05, 0) is 59.6 Å². The van der Waals surface area contributed by atoms with Gasteiger partial charge in [-0.15, -0.1) is 53.6 Å². The molecule has 0 amide bonds. The maximum Gasteiger partial charge on any atom is 0.216 e. The molecule has 8 rings (SSSR count). The molecule has 8 aromatic rings. The minimum Gasteiger partial charge on any atom is -0.486 e. The van der Waals surface area contributed by atoms with E-state index >= 15 is 0 Å². The summed E-state index contributed by atoms with van der Waals surface area (Å²) < 4.78 is 6.25. The number of pyridine rings is 3. The average Bonchev–Trinajstić information content (AvgIpc) is 3.49. The first-order chi connectivity index (χ1) is 23.0. The molecule has 4 aromatic heterocycles. The summed E-state index contributed by atoms with van der Waals surface area (Å²) in [6.45, 7) is 6.24. The Labute approximate surface area is 294 Å². The second-order valence-electron chi connectivity index (χ2n) is 11.7. The quantitative estimate of drug-likeness (QED) is 0.163. The van der Waals surface area contributed by atoms with E-state index in [9.17, 15) is 0 Å². The smallest absolute Gasteiger partial charge is 0.216 e. The van der Waals surface area contributed by atoms with Crippen LogP contribution in [0.5, 0.6) is 0 Å². The van der Waals surface area contributed by atoms with Gasteiger partial charge in [-0.1, -0.05) is 102 Å². The van der Waals surface area contributed by atoms with Gasteiger partial charge in [0.05, 0.1) is 5.58 Å². The van der Waals surface area contributed by atoms with Crippen molar-refractivity contribution in [3.05, 3.63) is 174 Å². The molecular formula is C43H33IrN3O-2. The number of nitrogens with zero attached hydrogens (tertiary/aromatic N) is 3. The van der Waals surface area contributed by atoms with Crippen LogP contribution in [0, 0.1) is 32.9 Å². The number of aromatic nitrogens is 3. The summed E-state index contributed by atoms with van der Waals surface area (Å²) in [5.41, 5.74) is 13.3. The van der Waals surface area contributed by atoms with Crippen LogP contribution in [0.15, 0.2) is 138 Å². The molecular weight excluding hydrogens is 767 g/mol. The normalized spacial score (nSPS) is 10.7. The van der Waals surface area contributed by atoms with Crippen LogP contribution in [0.3, 0.4) is 0 Å². The van der Waals surface area contributed by atoms with Crippen LogP contribution in [-0.2, 0) is 26.5 Å². The molecule has 0 fully saturated rings. The molecule has 1 radical (unpaired) electrons. The molecule has 0 atom stereocenters. The van der Waals surface area contributed by atoms with E-state index in [4.69, 9.17) is 14.4 Å². The zero-order chi connectivity index (χ0) is 32.2. The van der Waals surface area contributed by atoms with Gasteiger partial charge in [-0.2, -0.15) is 0 Å². The van der Waals surface area contributed by atoms with Gasteiger partial charge in [0, 0.05) is 50.0 Å². The van der Waals surface area contributed by atoms with Crippen molar-refractivity contribution in [2.24, 2.45) is 0 Å². The average molecular weight is 800 g/mol. The first kappa shape index (κ1) is 32.7. The monoisotopic (exact) mass is 800 g/mol. The Bertz CT molecular complexity index is 2280. The van der Waals surface area contributed by atoms with Gasteiger partial charge in [0.25, 0.3) is 0 Å². The molecule has 0 aliphatic carbocycles. The van der Waals surface area contributed by atoms with Crippen LogP contribution in [0.4, 0.5) is 0 Å². The van der Waals surface area contributed by atoms with Crippen LogP contribution in [0.2, 0.25) is 0 Å². The van der Waals surface area contributed by atoms with Gasteiger partial charge in [0.1, 0.15) is 0 Å². The zero-order valence-electron chi connectivity index (χ0n) is 27.0. The number of rotatable bonds is 5. The summed E-state index contributed by atoms with van der Waals surface area (Å²) in [6.07, 6.45) is 4.59. The predicted octanol–water partition coefficient (Wildman–Crippen LogP) is 10.6. The van der Waals surface area contributed by atoms with Crippen LogP contribution < -0.4 is 0 Å². The standard InChI is InChI=1S/C29H19N2O.C14H14N.Ir/c1-3-8-20(9-4-1)18-23-15-16-25-24-12-7-13-26(28(24)32-29(25)31-23)27-17-14-22(19-30-27)21-10-5-2-6-11-21;1-10-4-6-13(7-5-10)14-8-11(2)12(3)9-15-14;/h1-12,14-17,19H,18H2;4-6,8-9H,1-3H3;/q2*-1;. The maximum absolute atomic E-state index is 6.25. The molecule has 0 saturated heterocycles. The first-order valence-electron chi connectivity index (χ1n) is 15.7. The summed E-state index contributed by atoms with van der Waals surface area (Å²) in [5, 5.41) is 2.04. The molecule has 0 aliphatic rings. The predicted molar refractivity (Wildman–Crippen MR) is 191 cm³/mol. The minimum absolute atomic E-state index is 0. The molecule has 48 heavy (non-hydrogen) atoms. The van der Waals surface area contributed by atoms with E-state index in [1.165, 1.54) is 22.3 Å². The fraction of sp³-hybridized carbons (Fsp3) is 0.0930. The maximum atomic E-state index is 6.25. The van der Waals surface area contributed by atoms with Crippen molar-refractivity contribution in [3.8, 4) is 33.6 Å². The number of hydrogen-bond acceptors (Lipinski definition) is 4. The van der Waals surface area contributed by atoms with Crippen LogP contribution >= 0.6 is 0 Å². The fourth-order valence-electron chi connectivity index (χ4n) is 5.53. The largest absolute Gasteiger partial charge is 0.486 e. The number of furan rings is 1. The summed E-state index contributed by atoms with van der Waals surface area (Å²) in [6, 6.07) is 47.6. The number of aryl methyl sites for hydroxylation is 3.